The number of aliphatic imine (C=N–C) groups is 1. The van der Waals surface area contributed by atoms with Gasteiger partial charge in [0, 0.05) is 18.6 Å². The molecular formula is C18H27N4O5S+. The molecule has 0 aromatic rings. The molecule has 0 aromatic heterocycles. The van der Waals surface area contributed by atoms with Crippen molar-refractivity contribution in [3.63, 3.8) is 0 Å². The number of nitrogens with two attached hydrogens (primary N) is 1. The Morgan fingerprint density at radius 3 is 2.71 bits per heavy atom. The van der Waals surface area contributed by atoms with Crippen molar-refractivity contribution in [2.24, 2.45) is 16.6 Å². The summed E-state index contributed by atoms with van der Waals surface area (Å²) < 4.78 is -0.707. The molecule has 0 bridgehead atoms. The van der Waals surface area contributed by atoms with E-state index in [0.717, 1.165) is 18.2 Å². The van der Waals surface area contributed by atoms with Crippen molar-refractivity contribution in [2.45, 2.75) is 51.6 Å². The van der Waals surface area contributed by atoms with Crippen LogP contribution in [-0.4, -0.2) is 63.2 Å². The fraction of sp³-hybridized carbons (Fsp3) is 0.611. The van der Waals surface area contributed by atoms with Gasteiger partial charge in [0.05, 0.1) is 5.92 Å². The summed E-state index contributed by atoms with van der Waals surface area (Å²) in [6.45, 7) is 4.12. The second-order valence-corrected chi connectivity index (χ2v) is 8.13. The van der Waals surface area contributed by atoms with Crippen LogP contribution in [0.1, 0.15) is 39.5 Å². The number of amides is 2. The van der Waals surface area contributed by atoms with E-state index in [1.165, 1.54) is 12.5 Å². The average Bonchev–Trinajstić information content (AvgIpc) is 3.35. The Labute approximate surface area is 168 Å². The second-order valence-electron chi connectivity index (χ2n) is 7.05. The van der Waals surface area contributed by atoms with Gasteiger partial charge in [0.25, 0.3) is 0 Å². The van der Waals surface area contributed by atoms with Crippen molar-refractivity contribution in [1.29, 1.82) is 0 Å². The van der Waals surface area contributed by atoms with Gasteiger partial charge < -0.3 is 16.2 Å². The standard InChI is InChI=1S/C18H26N4O5S/c1-3-15(23)28-9-11(2)16(24)22(17(25)14-5-4-6-20-14)8-12(21-10-22)7-13(19)18(26)27/h8,10-11,13-14,20H,3-7,9,19H2,1-2H3/p+1/t11?,13-,14-,22?/m0/s1. The number of rotatable bonds is 8. The molecule has 28 heavy (non-hydrogen) atoms. The summed E-state index contributed by atoms with van der Waals surface area (Å²) in [4.78, 5) is 53.2. The lowest BCUT2D eigenvalue weighted by Gasteiger charge is -2.27. The molecule has 0 radical (unpaired) electrons. The number of imide groups is 1. The molecule has 0 saturated carbocycles. The Balaban J connectivity index is 2.27. The highest BCUT2D eigenvalue weighted by molar-refractivity contribution is 8.13. The van der Waals surface area contributed by atoms with Crippen molar-refractivity contribution in [3.8, 4) is 0 Å². The van der Waals surface area contributed by atoms with Crippen LogP contribution in [0, 0.1) is 5.92 Å². The van der Waals surface area contributed by atoms with Gasteiger partial charge in [-0.1, -0.05) is 18.7 Å². The number of thioether (sulfide) groups is 1. The van der Waals surface area contributed by atoms with Gasteiger partial charge in [0.15, 0.2) is 5.12 Å². The number of carbonyl (C=O) groups is 4. The minimum absolute atomic E-state index is 0.0197. The molecule has 2 unspecified atom stereocenters. The fourth-order valence-electron chi connectivity index (χ4n) is 3.14. The number of hydrogen-bond donors (Lipinski definition) is 3. The van der Waals surface area contributed by atoms with Gasteiger partial charge in [0.2, 0.25) is 6.34 Å². The van der Waals surface area contributed by atoms with Gasteiger partial charge in [-0.2, -0.15) is 0 Å². The molecule has 4 atom stereocenters. The minimum Gasteiger partial charge on any atom is -0.480 e. The number of carboxylic acids is 1. The first-order valence-electron chi connectivity index (χ1n) is 9.32. The van der Waals surface area contributed by atoms with Crippen LogP contribution in [0.2, 0.25) is 0 Å². The van der Waals surface area contributed by atoms with Crippen LogP contribution >= 0.6 is 11.8 Å². The van der Waals surface area contributed by atoms with Crippen LogP contribution in [0.15, 0.2) is 16.9 Å². The molecule has 1 fully saturated rings. The van der Waals surface area contributed by atoms with Gasteiger partial charge >= 0.3 is 17.8 Å². The Hall–Kier alpha value is -1.88. The quantitative estimate of drug-likeness (QED) is 0.494. The van der Waals surface area contributed by atoms with Gasteiger partial charge in [-0.3, -0.25) is 9.59 Å². The number of carboxylic acid groups (broad SMARTS) is 1. The van der Waals surface area contributed by atoms with Crippen LogP contribution < -0.4 is 11.1 Å². The summed E-state index contributed by atoms with van der Waals surface area (Å²) in [5.74, 6) is -2.22. The van der Waals surface area contributed by atoms with E-state index in [0.29, 0.717) is 25.1 Å². The summed E-state index contributed by atoms with van der Waals surface area (Å²) in [6, 6.07) is -1.65. The Morgan fingerprint density at radius 2 is 2.14 bits per heavy atom. The van der Waals surface area contributed by atoms with E-state index in [1.807, 2.05) is 0 Å². The van der Waals surface area contributed by atoms with E-state index in [9.17, 15) is 19.2 Å². The highest BCUT2D eigenvalue weighted by atomic mass is 32.2. The molecule has 1 saturated heterocycles. The number of aliphatic carboxylic acids is 1. The third-order valence-electron chi connectivity index (χ3n) is 4.80. The zero-order valence-electron chi connectivity index (χ0n) is 16.1. The van der Waals surface area contributed by atoms with Crippen molar-refractivity contribution >= 4 is 41.0 Å². The minimum atomic E-state index is -1.18. The lowest BCUT2D eigenvalue weighted by Crippen LogP contribution is -2.58. The van der Waals surface area contributed by atoms with Crippen LogP contribution in [0.25, 0.3) is 0 Å². The van der Waals surface area contributed by atoms with Crippen molar-refractivity contribution in [2.75, 3.05) is 12.3 Å². The fourth-order valence-corrected chi connectivity index (χ4v) is 3.93. The van der Waals surface area contributed by atoms with Gasteiger partial charge in [-0.25, -0.2) is 14.6 Å². The summed E-state index contributed by atoms with van der Waals surface area (Å²) >= 11 is 1.07. The Kier molecular flexibility index (Phi) is 7.64. The van der Waals surface area contributed by atoms with E-state index in [2.05, 4.69) is 10.3 Å². The summed E-state index contributed by atoms with van der Waals surface area (Å²) in [6.07, 6.45) is 4.40. The number of nitrogens with zero attached hydrogens (tertiary/aromatic N) is 2. The maximum absolute atomic E-state index is 13.2. The normalized spacial score (nSPS) is 26.0. The Bertz CT molecular complexity index is 717. The highest BCUT2D eigenvalue weighted by Crippen LogP contribution is 2.28. The van der Waals surface area contributed by atoms with Crippen molar-refractivity contribution in [3.05, 3.63) is 11.9 Å². The van der Waals surface area contributed by atoms with Gasteiger partial charge in [0.1, 0.15) is 24.0 Å². The molecule has 0 spiro atoms. The summed E-state index contributed by atoms with van der Waals surface area (Å²) in [7, 11) is 0. The second kappa shape index (κ2) is 9.55. The monoisotopic (exact) mass is 411 g/mol. The van der Waals surface area contributed by atoms with Crippen molar-refractivity contribution < 1.29 is 28.8 Å². The predicted octanol–water partition coefficient (Wildman–Crippen LogP) is 0.600. The molecule has 2 heterocycles. The predicted molar refractivity (Wildman–Crippen MR) is 105 cm³/mol. The van der Waals surface area contributed by atoms with E-state index >= 15 is 0 Å². The molecule has 0 aliphatic carbocycles. The van der Waals surface area contributed by atoms with E-state index < -0.39 is 34.4 Å². The average molecular weight is 412 g/mol. The molecule has 154 valence electrons. The number of quaternary nitrogens is 1. The molecule has 2 aliphatic rings. The van der Waals surface area contributed by atoms with E-state index in [-0.39, 0.29) is 23.2 Å². The maximum Gasteiger partial charge on any atom is 0.348 e. The van der Waals surface area contributed by atoms with Gasteiger partial charge in [-0.15, -0.1) is 4.48 Å². The van der Waals surface area contributed by atoms with Crippen LogP contribution in [0.3, 0.4) is 0 Å². The molecule has 10 heteroatoms. The zero-order valence-corrected chi connectivity index (χ0v) is 16.9. The third-order valence-corrected chi connectivity index (χ3v) is 6.07. The maximum atomic E-state index is 13.2. The first-order valence-corrected chi connectivity index (χ1v) is 10.3. The number of hydrogen-bond acceptors (Lipinski definition) is 8. The molecule has 0 aromatic carbocycles. The Morgan fingerprint density at radius 1 is 1.43 bits per heavy atom. The number of carbonyl (C=O) groups excluding carboxylic acids is 3. The molecule has 4 N–H and O–H groups in total. The lowest BCUT2D eigenvalue weighted by atomic mass is 10.1. The summed E-state index contributed by atoms with van der Waals surface area (Å²) in [5, 5.41) is 12.1. The van der Waals surface area contributed by atoms with Crippen LogP contribution in [-0.2, 0) is 19.2 Å². The summed E-state index contributed by atoms with van der Waals surface area (Å²) in [5.41, 5.74) is 5.86. The first-order chi connectivity index (χ1) is 13.2. The lowest BCUT2D eigenvalue weighted by molar-refractivity contribution is -0.620. The highest BCUT2D eigenvalue weighted by Gasteiger charge is 2.51. The number of nitrogens with one attached hydrogen (secondary N) is 1. The molecule has 2 rings (SSSR count). The smallest absolute Gasteiger partial charge is 0.348 e. The van der Waals surface area contributed by atoms with Crippen LogP contribution in [0.4, 0.5) is 0 Å². The van der Waals surface area contributed by atoms with E-state index in [4.69, 9.17) is 10.8 Å². The molecule has 2 amide bonds. The SMILES string of the molecule is CCC(=O)SCC(C)C(=O)[N+]1(C(=O)[C@@H]2CCCN2)C=NC(C[C@H](N)C(=O)O)=C1. The first kappa shape index (κ1) is 22.4. The zero-order chi connectivity index (χ0) is 20.9. The van der Waals surface area contributed by atoms with E-state index in [1.54, 1.807) is 13.8 Å². The molecule has 9 nitrogen and oxygen atoms in total. The van der Waals surface area contributed by atoms with Gasteiger partial charge in [-0.05, 0) is 26.3 Å². The largest absolute Gasteiger partial charge is 0.480 e. The van der Waals surface area contributed by atoms with Crippen LogP contribution in [0.5, 0.6) is 0 Å². The topological polar surface area (TPSA) is 139 Å². The third kappa shape index (κ3) is 4.93. The molecular weight excluding hydrogens is 384 g/mol. The molecule has 2 aliphatic heterocycles. The van der Waals surface area contributed by atoms with Crippen molar-refractivity contribution in [1.82, 2.24) is 5.32 Å².